The predicted molar refractivity (Wildman–Crippen MR) is 39.5 cm³/mol. The number of hydrogen-bond acceptors (Lipinski definition) is 2. The molecule has 0 saturated carbocycles. The zero-order valence-electron chi connectivity index (χ0n) is 6.98. The average Bonchev–Trinajstić information content (AvgIpc) is 1.90. The van der Waals surface area contributed by atoms with Gasteiger partial charge in [0, 0.05) is 6.61 Å². The van der Waals surface area contributed by atoms with Crippen molar-refractivity contribution in [2.75, 3.05) is 6.61 Å². The standard InChI is InChI=1S/C7H15FO.FHO/c1-7(2,8)5-3-4-6-9;1-2/h9H,3-6H2,1-2H3;2H. The lowest BCUT2D eigenvalue weighted by atomic mass is 10.0. The molecule has 0 radical (unpaired) electrons. The molecule has 70 valence electrons. The van der Waals surface area contributed by atoms with Crippen molar-refractivity contribution in [1.29, 1.82) is 0 Å². The number of aliphatic hydroxyl groups is 1. The zero-order valence-corrected chi connectivity index (χ0v) is 6.98. The van der Waals surface area contributed by atoms with Crippen molar-refractivity contribution in [1.82, 2.24) is 0 Å². The molecule has 0 aromatic heterocycles. The van der Waals surface area contributed by atoms with E-state index in [0.717, 1.165) is 6.42 Å². The highest BCUT2D eigenvalue weighted by Crippen LogP contribution is 2.16. The summed E-state index contributed by atoms with van der Waals surface area (Å²) in [6, 6.07) is 0. The predicted octanol–water partition coefficient (Wildman–Crippen LogP) is 1.76. The van der Waals surface area contributed by atoms with Crippen LogP contribution in [-0.4, -0.2) is 22.7 Å². The fourth-order valence-electron chi connectivity index (χ4n) is 0.657. The van der Waals surface area contributed by atoms with Crippen LogP contribution in [0.3, 0.4) is 0 Å². The van der Waals surface area contributed by atoms with Crippen molar-refractivity contribution in [2.45, 2.75) is 38.8 Å². The molecule has 0 atom stereocenters. The van der Waals surface area contributed by atoms with Gasteiger partial charge in [0.25, 0.3) is 0 Å². The third-order valence-electron chi connectivity index (χ3n) is 1.18. The number of unbranched alkanes of at least 4 members (excludes halogenated alkanes) is 1. The van der Waals surface area contributed by atoms with Crippen LogP contribution >= 0.6 is 0 Å². The van der Waals surface area contributed by atoms with Gasteiger partial charge in [0.15, 0.2) is 0 Å². The molecule has 0 amide bonds. The fraction of sp³-hybridized carbons (Fsp3) is 1.00. The summed E-state index contributed by atoms with van der Waals surface area (Å²) in [4.78, 5) is 0. The molecule has 0 unspecified atom stereocenters. The zero-order chi connectivity index (χ0) is 9.33. The van der Waals surface area contributed by atoms with Crippen LogP contribution in [-0.2, 0) is 0 Å². The van der Waals surface area contributed by atoms with Gasteiger partial charge in [-0.2, -0.15) is 0 Å². The van der Waals surface area contributed by atoms with Crippen LogP contribution in [0.4, 0.5) is 8.92 Å². The van der Waals surface area contributed by atoms with Crippen molar-refractivity contribution in [2.24, 2.45) is 0 Å². The van der Waals surface area contributed by atoms with Crippen molar-refractivity contribution in [3.05, 3.63) is 0 Å². The Morgan fingerprint density at radius 1 is 1.18 bits per heavy atom. The minimum absolute atomic E-state index is 0.177. The molecule has 2 nitrogen and oxygen atoms in total. The minimum atomic E-state index is -1.06. The molecule has 0 aromatic rings. The molecular formula is C7H16F2O2. The molecule has 0 heterocycles. The molecule has 0 aromatic carbocycles. The number of rotatable bonds is 4. The lowest BCUT2D eigenvalue weighted by molar-refractivity contribution is -0.0441. The average molecular weight is 170 g/mol. The fourth-order valence-corrected chi connectivity index (χ4v) is 0.657. The molecule has 11 heavy (non-hydrogen) atoms. The molecule has 0 bridgehead atoms. The van der Waals surface area contributed by atoms with Crippen molar-refractivity contribution < 1.29 is 19.3 Å². The van der Waals surface area contributed by atoms with Gasteiger partial charge in [-0.1, -0.05) is 4.53 Å². The Bertz CT molecular complexity index is 71.3. The van der Waals surface area contributed by atoms with E-state index in [1.54, 1.807) is 13.8 Å². The Hall–Kier alpha value is -0.220. The highest BCUT2D eigenvalue weighted by molar-refractivity contribution is 4.64. The third kappa shape index (κ3) is 17.7. The van der Waals surface area contributed by atoms with Gasteiger partial charge in [-0.3, -0.25) is 0 Å². The van der Waals surface area contributed by atoms with E-state index in [2.05, 4.69) is 0 Å². The maximum atomic E-state index is 12.6. The van der Waals surface area contributed by atoms with E-state index in [-0.39, 0.29) is 6.61 Å². The first-order chi connectivity index (χ1) is 5.06. The van der Waals surface area contributed by atoms with E-state index >= 15 is 0 Å². The second-order valence-electron chi connectivity index (χ2n) is 2.90. The summed E-state index contributed by atoms with van der Waals surface area (Å²) in [5.41, 5.74) is -1.06. The molecule has 0 aliphatic carbocycles. The highest BCUT2D eigenvalue weighted by atomic mass is 19.3. The van der Waals surface area contributed by atoms with E-state index in [1.807, 2.05) is 0 Å². The number of halogens is 2. The molecule has 0 fully saturated rings. The van der Waals surface area contributed by atoms with Crippen LogP contribution in [0.5, 0.6) is 0 Å². The van der Waals surface area contributed by atoms with Crippen LogP contribution < -0.4 is 0 Å². The van der Waals surface area contributed by atoms with Crippen molar-refractivity contribution in [3.8, 4) is 0 Å². The van der Waals surface area contributed by atoms with E-state index < -0.39 is 5.67 Å². The molecule has 0 aliphatic rings. The van der Waals surface area contributed by atoms with Crippen molar-refractivity contribution in [3.63, 3.8) is 0 Å². The van der Waals surface area contributed by atoms with Gasteiger partial charge in [0.2, 0.25) is 0 Å². The summed E-state index contributed by atoms with van der Waals surface area (Å²) in [5, 5.41) is 13.8. The van der Waals surface area contributed by atoms with Gasteiger partial charge in [-0.05, 0) is 33.1 Å². The van der Waals surface area contributed by atoms with Gasteiger partial charge in [-0.15, -0.1) is 0 Å². The molecule has 0 aliphatic heterocycles. The van der Waals surface area contributed by atoms with Crippen LogP contribution in [0.2, 0.25) is 0 Å². The van der Waals surface area contributed by atoms with Crippen LogP contribution in [0, 0.1) is 0 Å². The molecule has 0 saturated heterocycles. The summed E-state index contributed by atoms with van der Waals surface area (Å²) in [6.07, 6.45) is 2.04. The summed E-state index contributed by atoms with van der Waals surface area (Å²) >= 11 is 0. The van der Waals surface area contributed by atoms with Crippen LogP contribution in [0.25, 0.3) is 0 Å². The Labute approximate surface area is 65.8 Å². The monoisotopic (exact) mass is 170 g/mol. The highest BCUT2D eigenvalue weighted by Gasteiger charge is 2.13. The Morgan fingerprint density at radius 3 is 1.91 bits per heavy atom. The topological polar surface area (TPSA) is 40.5 Å². The Balaban J connectivity index is 0. The smallest absolute Gasteiger partial charge is 0.105 e. The molecule has 0 rings (SSSR count). The maximum Gasteiger partial charge on any atom is 0.105 e. The summed E-state index contributed by atoms with van der Waals surface area (Å²) in [7, 11) is 0. The maximum absolute atomic E-state index is 12.6. The largest absolute Gasteiger partial charge is 0.396 e. The van der Waals surface area contributed by atoms with Crippen LogP contribution in [0.1, 0.15) is 33.1 Å². The summed E-state index contributed by atoms with van der Waals surface area (Å²) in [6.45, 7) is 3.30. The molecule has 2 N–H and O–H groups in total. The molecule has 4 heteroatoms. The molecule has 0 spiro atoms. The quantitative estimate of drug-likeness (QED) is 0.631. The third-order valence-corrected chi connectivity index (χ3v) is 1.18. The van der Waals surface area contributed by atoms with Gasteiger partial charge in [0.05, 0.1) is 0 Å². The minimum Gasteiger partial charge on any atom is -0.396 e. The van der Waals surface area contributed by atoms with Crippen LogP contribution in [0.15, 0.2) is 0 Å². The van der Waals surface area contributed by atoms with E-state index in [0.29, 0.717) is 12.8 Å². The normalized spacial score (nSPS) is 10.4. The second-order valence-corrected chi connectivity index (χ2v) is 2.90. The number of hydrogen-bond donors (Lipinski definition) is 2. The first-order valence-electron chi connectivity index (χ1n) is 3.53. The first kappa shape index (κ1) is 13.4. The van der Waals surface area contributed by atoms with Gasteiger partial charge < -0.3 is 5.11 Å². The Morgan fingerprint density at radius 2 is 1.64 bits per heavy atom. The first-order valence-corrected chi connectivity index (χ1v) is 3.53. The van der Waals surface area contributed by atoms with E-state index in [1.165, 1.54) is 0 Å². The van der Waals surface area contributed by atoms with E-state index in [4.69, 9.17) is 14.9 Å². The number of aliphatic hydroxyl groups excluding tert-OH is 1. The lowest BCUT2D eigenvalue weighted by Gasteiger charge is -2.12. The number of alkyl halides is 1. The Kier molecular flexibility index (Phi) is 9.58. The molecular weight excluding hydrogens is 154 g/mol. The van der Waals surface area contributed by atoms with E-state index in [9.17, 15) is 4.39 Å². The van der Waals surface area contributed by atoms with Gasteiger partial charge in [-0.25, -0.2) is 9.70 Å². The van der Waals surface area contributed by atoms with Gasteiger partial charge in [0.1, 0.15) is 5.67 Å². The summed E-state index contributed by atoms with van der Waals surface area (Å²) < 4.78 is 21.1. The summed E-state index contributed by atoms with van der Waals surface area (Å²) in [5.74, 6) is 0. The lowest BCUT2D eigenvalue weighted by Crippen LogP contribution is -2.11. The second kappa shape index (κ2) is 7.88. The SMILES string of the molecule is CC(C)(F)CCCCO.OF. The van der Waals surface area contributed by atoms with Gasteiger partial charge >= 0.3 is 0 Å². The van der Waals surface area contributed by atoms with Crippen molar-refractivity contribution >= 4 is 0 Å².